The van der Waals surface area contributed by atoms with E-state index in [2.05, 4.69) is 50.3 Å². The molecule has 0 fully saturated rings. The SMILES string of the molecule is CCCCC/C=C/C/C=C/CCCCCCCC(=O)OC[C@H](COP(=O)(O)OCC[N+](C)(C)C)OC(=O)CCCCCCC/C=C/CCCCCCCC. The number of allylic oxidation sites excluding steroid dienone is 6. The van der Waals surface area contributed by atoms with Crippen molar-refractivity contribution in [3.8, 4) is 0 Å². The fourth-order valence-corrected chi connectivity index (χ4v) is 6.43. The van der Waals surface area contributed by atoms with Gasteiger partial charge in [0, 0.05) is 12.8 Å². The monoisotopic (exact) mass is 785 g/mol. The summed E-state index contributed by atoms with van der Waals surface area (Å²) in [4.78, 5) is 35.3. The standard InChI is InChI=1S/C44H82NO8P/c1-6-8-10-12-14-16-18-20-22-24-26-28-30-32-34-36-43(46)50-40-42(41-52-54(48,49)51-39-38-45(3,4)5)53-44(47)37-35-33-31-29-27-25-23-21-19-17-15-13-11-9-7-2/h14,16,20-23,42H,6-13,15,17-19,24-41H2,1-5H3/p+1/b16-14+,22-20+,23-21+/t42-/m1/s1. The summed E-state index contributed by atoms with van der Waals surface area (Å²) in [6.45, 7) is 4.36. The lowest BCUT2D eigenvalue weighted by atomic mass is 10.1. The molecule has 9 nitrogen and oxygen atoms in total. The average molecular weight is 785 g/mol. The summed E-state index contributed by atoms with van der Waals surface area (Å²) in [5, 5.41) is 0. The van der Waals surface area contributed by atoms with E-state index in [9.17, 15) is 19.0 Å². The third-order valence-corrected chi connectivity index (χ3v) is 10.1. The Kier molecular flexibility index (Phi) is 35.6. The highest BCUT2D eigenvalue weighted by Gasteiger charge is 2.27. The van der Waals surface area contributed by atoms with Gasteiger partial charge in [-0.1, -0.05) is 134 Å². The van der Waals surface area contributed by atoms with Crippen LogP contribution >= 0.6 is 7.82 Å². The molecule has 2 atom stereocenters. The van der Waals surface area contributed by atoms with Gasteiger partial charge < -0.3 is 18.9 Å². The lowest BCUT2D eigenvalue weighted by Crippen LogP contribution is -2.37. The lowest BCUT2D eigenvalue weighted by molar-refractivity contribution is -0.870. The smallest absolute Gasteiger partial charge is 0.462 e. The maximum Gasteiger partial charge on any atom is 0.472 e. The highest BCUT2D eigenvalue weighted by atomic mass is 31.2. The van der Waals surface area contributed by atoms with Crippen molar-refractivity contribution in [3.63, 3.8) is 0 Å². The molecule has 1 N–H and O–H groups in total. The largest absolute Gasteiger partial charge is 0.472 e. The van der Waals surface area contributed by atoms with Crippen LogP contribution in [-0.2, 0) is 32.7 Å². The molecule has 54 heavy (non-hydrogen) atoms. The van der Waals surface area contributed by atoms with Gasteiger partial charge in [0.25, 0.3) is 0 Å². The molecule has 0 rings (SSSR count). The van der Waals surface area contributed by atoms with Crippen molar-refractivity contribution in [2.45, 2.75) is 187 Å². The van der Waals surface area contributed by atoms with Crippen LogP contribution in [0, 0.1) is 0 Å². The van der Waals surface area contributed by atoms with Crippen molar-refractivity contribution in [1.82, 2.24) is 0 Å². The van der Waals surface area contributed by atoms with E-state index in [0.717, 1.165) is 77.0 Å². The Morgan fingerprint density at radius 2 is 1.00 bits per heavy atom. The van der Waals surface area contributed by atoms with Crippen molar-refractivity contribution < 1.29 is 42.1 Å². The number of ether oxygens (including phenoxy) is 2. The maximum absolute atomic E-state index is 12.7. The molecule has 0 aromatic rings. The third-order valence-electron chi connectivity index (χ3n) is 9.14. The Morgan fingerprint density at radius 3 is 1.52 bits per heavy atom. The van der Waals surface area contributed by atoms with Gasteiger partial charge in [-0.25, -0.2) is 4.57 Å². The second-order valence-corrected chi connectivity index (χ2v) is 17.2. The normalized spacial score (nSPS) is 14.0. The van der Waals surface area contributed by atoms with Crippen LogP contribution in [0.3, 0.4) is 0 Å². The van der Waals surface area contributed by atoms with Crippen LogP contribution in [0.5, 0.6) is 0 Å². The lowest BCUT2D eigenvalue weighted by Gasteiger charge is -2.24. The van der Waals surface area contributed by atoms with Crippen LogP contribution in [0.1, 0.15) is 181 Å². The molecule has 1 unspecified atom stereocenters. The maximum atomic E-state index is 12.7. The second kappa shape index (κ2) is 36.8. The van der Waals surface area contributed by atoms with Gasteiger partial charge in [0.15, 0.2) is 6.10 Å². The van der Waals surface area contributed by atoms with Crippen LogP contribution in [-0.4, -0.2) is 74.9 Å². The van der Waals surface area contributed by atoms with E-state index in [0.29, 0.717) is 17.4 Å². The van der Waals surface area contributed by atoms with E-state index in [1.807, 2.05) is 21.1 Å². The van der Waals surface area contributed by atoms with Gasteiger partial charge in [0.05, 0.1) is 27.7 Å². The van der Waals surface area contributed by atoms with Crippen molar-refractivity contribution in [3.05, 3.63) is 36.5 Å². The number of hydrogen-bond donors (Lipinski definition) is 1. The summed E-state index contributed by atoms with van der Waals surface area (Å²) in [7, 11) is 1.46. The van der Waals surface area contributed by atoms with E-state index < -0.39 is 26.5 Å². The number of esters is 2. The fourth-order valence-electron chi connectivity index (χ4n) is 5.68. The Hall–Kier alpha value is -1.77. The van der Waals surface area contributed by atoms with Gasteiger partial charge in [0.2, 0.25) is 0 Å². The van der Waals surface area contributed by atoms with Gasteiger partial charge in [-0.05, 0) is 70.6 Å². The number of hydrogen-bond acceptors (Lipinski definition) is 7. The van der Waals surface area contributed by atoms with Gasteiger partial charge in [-0.15, -0.1) is 0 Å². The van der Waals surface area contributed by atoms with Crippen molar-refractivity contribution in [2.75, 3.05) is 47.5 Å². The predicted octanol–water partition coefficient (Wildman–Crippen LogP) is 12.1. The van der Waals surface area contributed by atoms with Crippen molar-refractivity contribution in [2.24, 2.45) is 0 Å². The van der Waals surface area contributed by atoms with E-state index in [4.69, 9.17) is 18.5 Å². The summed E-state index contributed by atoms with van der Waals surface area (Å²) in [5.41, 5.74) is 0. The molecule has 0 saturated carbocycles. The van der Waals surface area contributed by atoms with Gasteiger partial charge in [-0.3, -0.25) is 18.6 Å². The molecular weight excluding hydrogens is 701 g/mol. The first-order chi connectivity index (χ1) is 26.0. The van der Waals surface area contributed by atoms with Crippen LogP contribution in [0.4, 0.5) is 0 Å². The number of phosphoric ester groups is 1. The minimum atomic E-state index is -4.38. The molecule has 0 aliphatic heterocycles. The fraction of sp³-hybridized carbons (Fsp3) is 0.818. The number of quaternary nitrogens is 1. The molecule has 10 heteroatoms. The first-order valence-corrected chi connectivity index (χ1v) is 23.2. The van der Waals surface area contributed by atoms with E-state index in [-0.39, 0.29) is 32.0 Å². The molecule has 0 bridgehead atoms. The molecule has 0 spiro atoms. The van der Waals surface area contributed by atoms with E-state index >= 15 is 0 Å². The number of nitrogens with zero attached hydrogens (tertiary/aromatic N) is 1. The number of carbonyl (C=O) groups is 2. The minimum absolute atomic E-state index is 0.0275. The zero-order valence-electron chi connectivity index (χ0n) is 35.5. The highest BCUT2D eigenvalue weighted by molar-refractivity contribution is 7.47. The molecule has 0 amide bonds. The Bertz CT molecular complexity index is 1020. The van der Waals surface area contributed by atoms with E-state index in [1.165, 1.54) is 70.6 Å². The van der Waals surface area contributed by atoms with Gasteiger partial charge in [-0.2, -0.15) is 0 Å². The van der Waals surface area contributed by atoms with Crippen LogP contribution < -0.4 is 0 Å². The number of rotatable bonds is 39. The number of unbranched alkanes of at least 4 members (excludes halogenated alkanes) is 19. The Labute approximate surface area is 331 Å². The molecular formula is C44H83NO8P+. The van der Waals surface area contributed by atoms with Crippen molar-refractivity contribution >= 4 is 19.8 Å². The number of likely N-dealkylation sites (N-methyl/N-ethyl adjacent to an activating group) is 1. The third kappa shape index (κ3) is 39.9. The first-order valence-electron chi connectivity index (χ1n) is 21.7. The minimum Gasteiger partial charge on any atom is -0.462 e. The molecule has 0 aliphatic rings. The highest BCUT2D eigenvalue weighted by Crippen LogP contribution is 2.43. The zero-order chi connectivity index (χ0) is 40.0. The molecule has 0 radical (unpaired) electrons. The predicted molar refractivity (Wildman–Crippen MR) is 224 cm³/mol. The molecule has 0 heterocycles. The average Bonchev–Trinajstić information content (AvgIpc) is 3.12. The summed E-state index contributed by atoms with van der Waals surface area (Å²) >= 11 is 0. The van der Waals surface area contributed by atoms with E-state index in [1.54, 1.807) is 0 Å². The summed E-state index contributed by atoms with van der Waals surface area (Å²) < 4.78 is 34.3. The first kappa shape index (κ1) is 52.2. The number of carbonyl (C=O) groups excluding carboxylic acids is 2. The zero-order valence-corrected chi connectivity index (χ0v) is 36.3. The molecule has 0 saturated heterocycles. The molecule has 316 valence electrons. The summed E-state index contributed by atoms with van der Waals surface area (Å²) in [6, 6.07) is 0. The molecule has 0 aromatic carbocycles. The Morgan fingerprint density at radius 1 is 0.574 bits per heavy atom. The van der Waals surface area contributed by atoms with Gasteiger partial charge >= 0.3 is 19.8 Å². The van der Waals surface area contributed by atoms with Crippen LogP contribution in [0.25, 0.3) is 0 Å². The topological polar surface area (TPSA) is 108 Å². The van der Waals surface area contributed by atoms with Crippen molar-refractivity contribution in [1.29, 1.82) is 0 Å². The quantitative estimate of drug-likeness (QED) is 0.0216. The Balaban J connectivity index is 4.41. The summed E-state index contributed by atoms with van der Waals surface area (Å²) in [6.07, 6.45) is 40.4. The van der Waals surface area contributed by atoms with Crippen LogP contribution in [0.2, 0.25) is 0 Å². The summed E-state index contributed by atoms with van der Waals surface area (Å²) in [5.74, 6) is -0.824. The molecule has 0 aliphatic carbocycles. The molecule has 0 aromatic heterocycles. The second-order valence-electron chi connectivity index (χ2n) is 15.7. The van der Waals surface area contributed by atoms with Gasteiger partial charge in [0.1, 0.15) is 19.8 Å². The van der Waals surface area contributed by atoms with Crippen LogP contribution in [0.15, 0.2) is 36.5 Å². The number of phosphoric acid groups is 1.